The standard InChI is InChI=1S/C22H29NO4/c1-25-18-6-7-19-17(15-18)9-11-23(10-4-12-24)20(19)13-16-5-8-21(26-2)22(14-16)27-3/h5-8,14-15,20,24H,4,9-13H2,1-3H3. The second-order valence-corrected chi connectivity index (χ2v) is 6.84. The van der Waals surface area contributed by atoms with Gasteiger partial charge < -0.3 is 19.3 Å². The molecule has 1 heterocycles. The van der Waals surface area contributed by atoms with E-state index in [4.69, 9.17) is 14.2 Å². The highest BCUT2D eigenvalue weighted by Crippen LogP contribution is 2.36. The van der Waals surface area contributed by atoms with Crippen LogP contribution in [-0.2, 0) is 12.8 Å². The summed E-state index contributed by atoms with van der Waals surface area (Å²) in [6.07, 6.45) is 2.67. The van der Waals surface area contributed by atoms with Crippen LogP contribution in [0.1, 0.15) is 29.2 Å². The van der Waals surface area contributed by atoms with Gasteiger partial charge in [-0.1, -0.05) is 12.1 Å². The number of ether oxygens (including phenoxy) is 3. The zero-order chi connectivity index (χ0) is 19.2. The quantitative estimate of drug-likeness (QED) is 0.772. The number of benzene rings is 2. The fraction of sp³-hybridized carbons (Fsp3) is 0.455. The van der Waals surface area contributed by atoms with Gasteiger partial charge >= 0.3 is 0 Å². The van der Waals surface area contributed by atoms with Crippen LogP contribution >= 0.6 is 0 Å². The van der Waals surface area contributed by atoms with Gasteiger partial charge in [0, 0.05) is 25.7 Å². The average molecular weight is 371 g/mol. The van der Waals surface area contributed by atoms with Crippen LogP contribution in [0.4, 0.5) is 0 Å². The largest absolute Gasteiger partial charge is 0.497 e. The molecule has 5 heteroatoms. The van der Waals surface area contributed by atoms with Gasteiger partial charge in [-0.15, -0.1) is 0 Å². The van der Waals surface area contributed by atoms with Crippen molar-refractivity contribution in [2.75, 3.05) is 41.0 Å². The van der Waals surface area contributed by atoms with Gasteiger partial charge in [0.15, 0.2) is 11.5 Å². The van der Waals surface area contributed by atoms with Crippen LogP contribution in [0.15, 0.2) is 36.4 Å². The van der Waals surface area contributed by atoms with Crippen molar-refractivity contribution in [2.24, 2.45) is 0 Å². The summed E-state index contributed by atoms with van der Waals surface area (Å²) in [4.78, 5) is 2.47. The molecule has 0 aromatic heterocycles. The van der Waals surface area contributed by atoms with Crippen LogP contribution in [0.3, 0.4) is 0 Å². The molecule has 0 fully saturated rings. The Morgan fingerprint density at radius 3 is 2.52 bits per heavy atom. The van der Waals surface area contributed by atoms with Crippen molar-refractivity contribution in [3.8, 4) is 17.2 Å². The number of methoxy groups -OCH3 is 3. The van der Waals surface area contributed by atoms with E-state index < -0.39 is 0 Å². The van der Waals surface area contributed by atoms with Crippen molar-refractivity contribution in [1.82, 2.24) is 4.90 Å². The molecule has 3 rings (SSSR count). The number of hydrogen-bond acceptors (Lipinski definition) is 5. The minimum absolute atomic E-state index is 0.217. The van der Waals surface area contributed by atoms with Gasteiger partial charge in [-0.25, -0.2) is 0 Å². The number of fused-ring (bicyclic) bond motifs is 1. The van der Waals surface area contributed by atoms with E-state index >= 15 is 0 Å². The predicted octanol–water partition coefficient (Wildman–Crippen LogP) is 3.24. The number of rotatable bonds is 8. The van der Waals surface area contributed by atoms with Crippen molar-refractivity contribution >= 4 is 0 Å². The molecule has 146 valence electrons. The Balaban J connectivity index is 1.91. The third-order valence-electron chi connectivity index (χ3n) is 5.30. The Morgan fingerprint density at radius 1 is 1.00 bits per heavy atom. The first-order valence-electron chi connectivity index (χ1n) is 9.42. The molecule has 0 saturated heterocycles. The summed E-state index contributed by atoms with van der Waals surface area (Å²) in [6.45, 7) is 2.09. The molecule has 0 saturated carbocycles. The summed E-state index contributed by atoms with van der Waals surface area (Å²) >= 11 is 0. The average Bonchev–Trinajstić information content (AvgIpc) is 2.72. The normalized spacial score (nSPS) is 16.7. The Hall–Kier alpha value is -2.24. The number of nitrogens with zero attached hydrogens (tertiary/aromatic N) is 1. The molecule has 2 aromatic carbocycles. The number of aliphatic hydroxyl groups is 1. The van der Waals surface area contributed by atoms with E-state index in [1.165, 1.54) is 16.7 Å². The molecule has 0 amide bonds. The highest BCUT2D eigenvalue weighted by Gasteiger charge is 2.27. The summed E-state index contributed by atoms with van der Waals surface area (Å²) in [6, 6.07) is 12.8. The molecule has 1 aliphatic heterocycles. The molecule has 1 aliphatic rings. The predicted molar refractivity (Wildman–Crippen MR) is 106 cm³/mol. The van der Waals surface area contributed by atoms with E-state index in [2.05, 4.69) is 29.2 Å². The van der Waals surface area contributed by atoms with Crippen LogP contribution in [0.5, 0.6) is 17.2 Å². The lowest BCUT2D eigenvalue weighted by atomic mass is 9.88. The van der Waals surface area contributed by atoms with E-state index in [1.54, 1.807) is 21.3 Å². The third-order valence-corrected chi connectivity index (χ3v) is 5.30. The molecule has 0 aliphatic carbocycles. The van der Waals surface area contributed by atoms with Crippen LogP contribution in [0.2, 0.25) is 0 Å². The number of aliphatic hydroxyl groups excluding tert-OH is 1. The smallest absolute Gasteiger partial charge is 0.160 e. The van der Waals surface area contributed by atoms with Gasteiger partial charge in [0.1, 0.15) is 5.75 Å². The lowest BCUT2D eigenvalue weighted by Gasteiger charge is -2.37. The van der Waals surface area contributed by atoms with Crippen molar-refractivity contribution in [2.45, 2.75) is 25.3 Å². The van der Waals surface area contributed by atoms with E-state index in [-0.39, 0.29) is 12.6 Å². The van der Waals surface area contributed by atoms with Crippen molar-refractivity contribution < 1.29 is 19.3 Å². The van der Waals surface area contributed by atoms with Gasteiger partial charge in [0.05, 0.1) is 21.3 Å². The molecule has 0 radical (unpaired) electrons. The third kappa shape index (κ3) is 4.37. The van der Waals surface area contributed by atoms with E-state index in [1.807, 2.05) is 12.1 Å². The molecule has 0 bridgehead atoms. The van der Waals surface area contributed by atoms with Crippen molar-refractivity contribution in [3.05, 3.63) is 53.1 Å². The summed E-state index contributed by atoms with van der Waals surface area (Å²) in [7, 11) is 5.02. The molecule has 0 spiro atoms. The zero-order valence-electron chi connectivity index (χ0n) is 16.4. The first-order valence-corrected chi connectivity index (χ1v) is 9.42. The summed E-state index contributed by atoms with van der Waals surface area (Å²) in [5.41, 5.74) is 3.89. The van der Waals surface area contributed by atoms with Crippen LogP contribution in [0, 0.1) is 0 Å². The maximum Gasteiger partial charge on any atom is 0.160 e. The maximum absolute atomic E-state index is 9.29. The molecule has 2 aromatic rings. The van der Waals surface area contributed by atoms with Crippen molar-refractivity contribution in [3.63, 3.8) is 0 Å². The van der Waals surface area contributed by atoms with Crippen LogP contribution < -0.4 is 14.2 Å². The molecule has 1 N–H and O–H groups in total. The van der Waals surface area contributed by atoms with Crippen LogP contribution in [-0.4, -0.2) is 51.0 Å². The van der Waals surface area contributed by atoms with Gasteiger partial charge in [0.2, 0.25) is 0 Å². The minimum atomic E-state index is 0.217. The van der Waals surface area contributed by atoms with E-state index in [0.717, 1.165) is 49.6 Å². The minimum Gasteiger partial charge on any atom is -0.497 e. The Kier molecular flexibility index (Phi) is 6.58. The zero-order valence-corrected chi connectivity index (χ0v) is 16.4. The highest BCUT2D eigenvalue weighted by atomic mass is 16.5. The van der Waals surface area contributed by atoms with Gasteiger partial charge in [0.25, 0.3) is 0 Å². The monoisotopic (exact) mass is 371 g/mol. The molecule has 1 unspecified atom stereocenters. The fourth-order valence-electron chi connectivity index (χ4n) is 3.88. The lowest BCUT2D eigenvalue weighted by molar-refractivity contribution is 0.163. The van der Waals surface area contributed by atoms with Crippen molar-refractivity contribution in [1.29, 1.82) is 0 Å². The molecule has 5 nitrogen and oxygen atoms in total. The molecule has 27 heavy (non-hydrogen) atoms. The molecular weight excluding hydrogens is 342 g/mol. The fourth-order valence-corrected chi connectivity index (χ4v) is 3.88. The Morgan fingerprint density at radius 2 is 1.81 bits per heavy atom. The van der Waals surface area contributed by atoms with Gasteiger partial charge in [-0.3, -0.25) is 4.90 Å². The molecular formula is C22H29NO4. The Labute approximate surface area is 161 Å². The summed E-state index contributed by atoms with van der Waals surface area (Å²) in [5, 5.41) is 9.29. The first-order chi connectivity index (χ1) is 13.2. The van der Waals surface area contributed by atoms with Crippen LogP contribution in [0.25, 0.3) is 0 Å². The van der Waals surface area contributed by atoms with E-state index in [9.17, 15) is 5.11 Å². The first kappa shape index (κ1) is 19.5. The maximum atomic E-state index is 9.29. The van der Waals surface area contributed by atoms with E-state index in [0.29, 0.717) is 0 Å². The second-order valence-electron chi connectivity index (χ2n) is 6.84. The summed E-state index contributed by atoms with van der Waals surface area (Å²) in [5.74, 6) is 2.40. The second kappa shape index (κ2) is 9.11. The van der Waals surface area contributed by atoms with Gasteiger partial charge in [-0.05, 0) is 60.2 Å². The lowest BCUT2D eigenvalue weighted by Crippen LogP contribution is -2.37. The SMILES string of the molecule is COc1ccc2c(c1)CCN(CCCO)C2Cc1ccc(OC)c(OC)c1. The number of hydrogen-bond donors (Lipinski definition) is 1. The van der Waals surface area contributed by atoms with Gasteiger partial charge in [-0.2, -0.15) is 0 Å². The topological polar surface area (TPSA) is 51.2 Å². The highest BCUT2D eigenvalue weighted by molar-refractivity contribution is 5.44. The molecule has 1 atom stereocenters. The summed E-state index contributed by atoms with van der Waals surface area (Å²) < 4.78 is 16.2. The Bertz CT molecular complexity index is 762.